The second kappa shape index (κ2) is 9.93. The van der Waals surface area contributed by atoms with Crippen LogP contribution in [-0.2, 0) is 13.0 Å². The molecule has 34 heavy (non-hydrogen) atoms. The fraction of sp³-hybridized carbons (Fsp3) is 0.214. The van der Waals surface area contributed by atoms with E-state index in [-0.39, 0.29) is 5.91 Å². The molecule has 1 amide bonds. The van der Waals surface area contributed by atoms with Crippen molar-refractivity contribution in [1.29, 1.82) is 0 Å². The second-order valence-corrected chi connectivity index (χ2v) is 8.61. The van der Waals surface area contributed by atoms with Gasteiger partial charge in [0.15, 0.2) is 5.82 Å². The predicted octanol–water partition coefficient (Wildman–Crippen LogP) is 4.30. The standard InChI is InChI=1S/C28H27N5O/c1-20-6-8-23(9-7-20)27-31-18-25(26(32-27)22-10-13-29-14-11-22)28(34)30-15-17-33-16-12-21-4-2-3-5-24(21)19-33/h2-11,13-14,18H,12,15-17,19H2,1H3,(H,30,34). The van der Waals surface area contributed by atoms with Crippen molar-refractivity contribution in [2.75, 3.05) is 19.6 Å². The number of aryl methyl sites for hydroxylation is 1. The first kappa shape index (κ1) is 21.9. The molecule has 0 saturated heterocycles. The number of benzene rings is 2. The van der Waals surface area contributed by atoms with Crippen molar-refractivity contribution in [3.05, 3.63) is 102 Å². The Kier molecular flexibility index (Phi) is 6.40. The Hall–Kier alpha value is -3.90. The van der Waals surface area contributed by atoms with E-state index in [1.54, 1.807) is 18.6 Å². The summed E-state index contributed by atoms with van der Waals surface area (Å²) in [4.78, 5) is 28.9. The molecule has 0 radical (unpaired) electrons. The number of carbonyl (C=O) groups is 1. The molecule has 4 aromatic rings. The highest BCUT2D eigenvalue weighted by Gasteiger charge is 2.19. The van der Waals surface area contributed by atoms with Crippen LogP contribution in [0.4, 0.5) is 0 Å². The summed E-state index contributed by atoms with van der Waals surface area (Å²) < 4.78 is 0. The van der Waals surface area contributed by atoms with E-state index in [9.17, 15) is 4.79 Å². The predicted molar refractivity (Wildman–Crippen MR) is 133 cm³/mol. The number of nitrogens with zero attached hydrogens (tertiary/aromatic N) is 4. The van der Waals surface area contributed by atoms with E-state index in [0.717, 1.165) is 37.2 Å². The van der Waals surface area contributed by atoms with Crippen LogP contribution in [0.1, 0.15) is 27.0 Å². The summed E-state index contributed by atoms with van der Waals surface area (Å²) in [5, 5.41) is 3.07. The molecule has 6 heteroatoms. The van der Waals surface area contributed by atoms with Gasteiger partial charge in [-0.15, -0.1) is 0 Å². The topological polar surface area (TPSA) is 71.0 Å². The number of nitrogens with one attached hydrogen (secondary N) is 1. The first-order valence-corrected chi connectivity index (χ1v) is 11.6. The minimum absolute atomic E-state index is 0.167. The Morgan fingerprint density at radius 2 is 1.74 bits per heavy atom. The lowest BCUT2D eigenvalue weighted by Gasteiger charge is -2.28. The Morgan fingerprint density at radius 3 is 2.53 bits per heavy atom. The number of hydrogen-bond donors (Lipinski definition) is 1. The third-order valence-electron chi connectivity index (χ3n) is 6.22. The zero-order valence-corrected chi connectivity index (χ0v) is 19.2. The summed E-state index contributed by atoms with van der Waals surface area (Å²) in [5.74, 6) is 0.426. The molecule has 1 aliphatic heterocycles. The maximum Gasteiger partial charge on any atom is 0.255 e. The van der Waals surface area contributed by atoms with Crippen LogP contribution in [0.25, 0.3) is 22.6 Å². The SMILES string of the molecule is Cc1ccc(-c2ncc(C(=O)NCCN3CCc4ccccc4C3)c(-c3ccncc3)n2)cc1. The minimum Gasteiger partial charge on any atom is -0.351 e. The fourth-order valence-electron chi connectivity index (χ4n) is 4.29. The smallest absolute Gasteiger partial charge is 0.255 e. The van der Waals surface area contributed by atoms with Crippen LogP contribution in [0.5, 0.6) is 0 Å². The lowest BCUT2D eigenvalue weighted by Crippen LogP contribution is -2.38. The van der Waals surface area contributed by atoms with Gasteiger partial charge in [-0.3, -0.25) is 14.7 Å². The van der Waals surface area contributed by atoms with Crippen molar-refractivity contribution in [1.82, 2.24) is 25.2 Å². The molecular formula is C28H27N5O. The Morgan fingerprint density at radius 1 is 0.971 bits per heavy atom. The maximum absolute atomic E-state index is 13.1. The first-order chi connectivity index (χ1) is 16.7. The molecule has 0 aliphatic carbocycles. The van der Waals surface area contributed by atoms with Gasteiger partial charge < -0.3 is 5.32 Å². The zero-order chi connectivity index (χ0) is 23.3. The number of fused-ring (bicyclic) bond motifs is 1. The molecular weight excluding hydrogens is 422 g/mol. The van der Waals surface area contributed by atoms with Crippen molar-refractivity contribution >= 4 is 5.91 Å². The van der Waals surface area contributed by atoms with Gasteiger partial charge in [-0.1, -0.05) is 54.1 Å². The minimum atomic E-state index is -0.167. The van der Waals surface area contributed by atoms with Crippen LogP contribution in [0.15, 0.2) is 79.3 Å². The van der Waals surface area contributed by atoms with E-state index in [2.05, 4.69) is 44.5 Å². The molecule has 3 heterocycles. The summed E-state index contributed by atoms with van der Waals surface area (Å²) in [7, 11) is 0. The number of amides is 1. The normalized spacial score (nSPS) is 13.3. The molecule has 2 aromatic carbocycles. The summed E-state index contributed by atoms with van der Waals surface area (Å²) in [5.41, 5.74) is 6.80. The van der Waals surface area contributed by atoms with E-state index in [1.807, 2.05) is 43.3 Å². The quantitative estimate of drug-likeness (QED) is 0.475. The summed E-state index contributed by atoms with van der Waals surface area (Å²) in [6.45, 7) is 5.33. The van der Waals surface area contributed by atoms with Gasteiger partial charge in [-0.2, -0.15) is 0 Å². The van der Waals surface area contributed by atoms with E-state index in [4.69, 9.17) is 4.98 Å². The van der Waals surface area contributed by atoms with Gasteiger partial charge in [0.2, 0.25) is 0 Å². The van der Waals surface area contributed by atoms with E-state index < -0.39 is 0 Å². The molecule has 6 nitrogen and oxygen atoms in total. The van der Waals surface area contributed by atoms with Crippen LogP contribution in [0.3, 0.4) is 0 Å². The Bertz CT molecular complexity index is 1290. The molecule has 2 aromatic heterocycles. The number of hydrogen-bond acceptors (Lipinski definition) is 5. The highest BCUT2D eigenvalue weighted by Crippen LogP contribution is 2.24. The number of rotatable bonds is 6. The largest absolute Gasteiger partial charge is 0.351 e. The second-order valence-electron chi connectivity index (χ2n) is 8.61. The maximum atomic E-state index is 13.1. The molecule has 0 bridgehead atoms. The van der Waals surface area contributed by atoms with Crippen molar-refractivity contribution in [2.45, 2.75) is 19.9 Å². The van der Waals surface area contributed by atoms with Crippen LogP contribution in [0.2, 0.25) is 0 Å². The summed E-state index contributed by atoms with van der Waals surface area (Å²) in [6, 6.07) is 20.4. The van der Waals surface area contributed by atoms with Gasteiger partial charge in [-0.05, 0) is 36.6 Å². The lowest BCUT2D eigenvalue weighted by atomic mass is 10.00. The van der Waals surface area contributed by atoms with E-state index in [0.29, 0.717) is 23.6 Å². The van der Waals surface area contributed by atoms with Gasteiger partial charge in [0.05, 0.1) is 11.3 Å². The Labute approximate surface area is 199 Å². The molecule has 0 spiro atoms. The third kappa shape index (κ3) is 4.87. The average molecular weight is 450 g/mol. The molecule has 1 aliphatic rings. The monoisotopic (exact) mass is 449 g/mol. The zero-order valence-electron chi connectivity index (χ0n) is 19.2. The average Bonchev–Trinajstić information content (AvgIpc) is 2.89. The third-order valence-corrected chi connectivity index (χ3v) is 6.22. The molecule has 0 fully saturated rings. The molecule has 0 saturated carbocycles. The van der Waals surface area contributed by atoms with E-state index >= 15 is 0 Å². The van der Waals surface area contributed by atoms with Gasteiger partial charge >= 0.3 is 0 Å². The van der Waals surface area contributed by atoms with Crippen LogP contribution < -0.4 is 5.32 Å². The van der Waals surface area contributed by atoms with E-state index in [1.165, 1.54) is 16.7 Å². The van der Waals surface area contributed by atoms with Gasteiger partial charge in [-0.25, -0.2) is 9.97 Å². The summed E-state index contributed by atoms with van der Waals surface area (Å²) in [6.07, 6.45) is 6.09. The summed E-state index contributed by atoms with van der Waals surface area (Å²) >= 11 is 0. The van der Waals surface area contributed by atoms with Crippen molar-refractivity contribution in [3.63, 3.8) is 0 Å². The van der Waals surface area contributed by atoms with Gasteiger partial charge in [0, 0.05) is 55.9 Å². The highest BCUT2D eigenvalue weighted by atomic mass is 16.1. The number of pyridine rings is 1. The first-order valence-electron chi connectivity index (χ1n) is 11.6. The fourth-order valence-corrected chi connectivity index (χ4v) is 4.29. The van der Waals surface area contributed by atoms with Crippen molar-refractivity contribution < 1.29 is 4.79 Å². The number of carbonyl (C=O) groups excluding carboxylic acids is 1. The van der Waals surface area contributed by atoms with Crippen molar-refractivity contribution in [3.8, 4) is 22.6 Å². The highest BCUT2D eigenvalue weighted by molar-refractivity contribution is 5.99. The van der Waals surface area contributed by atoms with Gasteiger partial charge in [0.1, 0.15) is 0 Å². The molecule has 0 atom stereocenters. The van der Waals surface area contributed by atoms with Crippen molar-refractivity contribution in [2.24, 2.45) is 0 Å². The van der Waals surface area contributed by atoms with Crippen LogP contribution in [-0.4, -0.2) is 45.4 Å². The Balaban J connectivity index is 1.32. The molecule has 1 N–H and O–H groups in total. The molecule has 170 valence electrons. The lowest BCUT2D eigenvalue weighted by molar-refractivity contribution is 0.0947. The molecule has 5 rings (SSSR count). The van der Waals surface area contributed by atoms with Crippen LogP contribution >= 0.6 is 0 Å². The molecule has 0 unspecified atom stereocenters. The number of aromatic nitrogens is 3. The van der Waals surface area contributed by atoms with Crippen LogP contribution in [0, 0.1) is 6.92 Å². The van der Waals surface area contributed by atoms with Gasteiger partial charge in [0.25, 0.3) is 5.91 Å².